The second-order valence-corrected chi connectivity index (χ2v) is 4.84. The summed E-state index contributed by atoms with van der Waals surface area (Å²) in [6.07, 6.45) is 1.73. The fourth-order valence-corrected chi connectivity index (χ4v) is 2.07. The van der Waals surface area contributed by atoms with Gasteiger partial charge in [-0.15, -0.1) is 0 Å². The summed E-state index contributed by atoms with van der Waals surface area (Å²) in [5.74, 6) is 0.994. The highest BCUT2D eigenvalue weighted by Gasteiger charge is 2.11. The van der Waals surface area contributed by atoms with E-state index in [1.165, 1.54) is 12.1 Å². The number of aromatic nitrogens is 3. The summed E-state index contributed by atoms with van der Waals surface area (Å²) in [4.78, 5) is 12.1. The van der Waals surface area contributed by atoms with Crippen LogP contribution >= 0.6 is 0 Å². The fourth-order valence-electron chi connectivity index (χ4n) is 2.07. The van der Waals surface area contributed by atoms with Crippen molar-refractivity contribution >= 4 is 11.2 Å². The van der Waals surface area contributed by atoms with E-state index < -0.39 is 0 Å². The van der Waals surface area contributed by atoms with E-state index in [9.17, 15) is 4.39 Å². The van der Waals surface area contributed by atoms with Crippen molar-refractivity contribution in [1.82, 2.24) is 15.0 Å². The zero-order valence-corrected chi connectivity index (χ0v) is 10.8. The summed E-state index contributed by atoms with van der Waals surface area (Å²) >= 11 is 0. The van der Waals surface area contributed by atoms with Crippen molar-refractivity contribution in [2.75, 3.05) is 0 Å². The first-order valence-corrected chi connectivity index (χ1v) is 6.25. The molecule has 4 heteroatoms. The third-order valence-corrected chi connectivity index (χ3v) is 3.11. The van der Waals surface area contributed by atoms with E-state index in [-0.39, 0.29) is 5.82 Å². The maximum Gasteiger partial charge on any atom is 0.178 e. The number of halogens is 1. The number of benzene rings is 1. The number of fused-ring (bicyclic) bond motifs is 1. The Labute approximate surface area is 110 Å². The number of hydrogen-bond acceptors (Lipinski definition) is 2. The molecule has 2 aromatic heterocycles. The Bertz CT molecular complexity index is 714. The summed E-state index contributed by atoms with van der Waals surface area (Å²) in [5, 5.41) is 0. The van der Waals surface area contributed by atoms with Gasteiger partial charge in [0.1, 0.15) is 11.6 Å². The van der Waals surface area contributed by atoms with Crippen molar-refractivity contribution in [2.45, 2.75) is 19.8 Å². The lowest BCUT2D eigenvalue weighted by Crippen LogP contribution is -1.88. The van der Waals surface area contributed by atoms with Gasteiger partial charge in [-0.25, -0.2) is 14.4 Å². The predicted molar refractivity (Wildman–Crippen MR) is 73.4 cm³/mol. The largest absolute Gasteiger partial charge is 0.340 e. The third kappa shape index (κ3) is 2.10. The van der Waals surface area contributed by atoms with Crippen LogP contribution in [0.4, 0.5) is 4.39 Å². The smallest absolute Gasteiger partial charge is 0.178 e. The Morgan fingerprint density at radius 2 is 1.84 bits per heavy atom. The molecule has 0 bridgehead atoms. The molecule has 3 aromatic rings. The standard InChI is InChI=1S/C15H14FN3/c1-9(2)14-18-13-12(7-8-17-15(13)19-14)10-3-5-11(16)6-4-10/h3-9H,1-2H3,(H,17,18,19). The van der Waals surface area contributed by atoms with Crippen LogP contribution < -0.4 is 0 Å². The predicted octanol–water partition coefficient (Wildman–Crippen LogP) is 3.89. The Hall–Kier alpha value is -2.23. The fraction of sp³-hybridized carbons (Fsp3) is 0.200. The lowest BCUT2D eigenvalue weighted by molar-refractivity contribution is 0.628. The highest BCUT2D eigenvalue weighted by Crippen LogP contribution is 2.27. The van der Waals surface area contributed by atoms with Crippen LogP contribution in [0.5, 0.6) is 0 Å². The quantitative estimate of drug-likeness (QED) is 0.754. The van der Waals surface area contributed by atoms with Crippen LogP contribution in [0.3, 0.4) is 0 Å². The van der Waals surface area contributed by atoms with Gasteiger partial charge in [0, 0.05) is 17.7 Å². The van der Waals surface area contributed by atoms with Crippen molar-refractivity contribution in [1.29, 1.82) is 0 Å². The molecule has 96 valence electrons. The van der Waals surface area contributed by atoms with Gasteiger partial charge in [0.15, 0.2) is 5.65 Å². The molecule has 1 N–H and O–H groups in total. The van der Waals surface area contributed by atoms with Crippen molar-refractivity contribution < 1.29 is 4.39 Å². The minimum Gasteiger partial charge on any atom is -0.340 e. The SMILES string of the molecule is CC(C)c1nc2nccc(-c3ccc(F)cc3)c2[nH]1. The van der Waals surface area contributed by atoms with Crippen molar-refractivity contribution in [2.24, 2.45) is 0 Å². The van der Waals surface area contributed by atoms with E-state index in [0.29, 0.717) is 11.6 Å². The first-order chi connectivity index (χ1) is 9.15. The molecule has 0 atom stereocenters. The number of nitrogens with one attached hydrogen (secondary N) is 1. The highest BCUT2D eigenvalue weighted by molar-refractivity contribution is 5.89. The van der Waals surface area contributed by atoms with Crippen LogP contribution in [0.1, 0.15) is 25.6 Å². The second-order valence-electron chi connectivity index (χ2n) is 4.84. The van der Waals surface area contributed by atoms with Crippen LogP contribution in [0, 0.1) is 5.82 Å². The molecule has 3 nitrogen and oxygen atoms in total. The van der Waals surface area contributed by atoms with E-state index in [1.54, 1.807) is 18.3 Å². The van der Waals surface area contributed by atoms with Gasteiger partial charge in [0.2, 0.25) is 0 Å². The van der Waals surface area contributed by atoms with Gasteiger partial charge < -0.3 is 4.98 Å². The van der Waals surface area contributed by atoms with Crippen molar-refractivity contribution in [3.8, 4) is 11.1 Å². The van der Waals surface area contributed by atoms with E-state index in [4.69, 9.17) is 0 Å². The molecular formula is C15H14FN3. The molecule has 19 heavy (non-hydrogen) atoms. The molecule has 0 aliphatic carbocycles. The maximum absolute atomic E-state index is 13.0. The number of imidazole rings is 1. The van der Waals surface area contributed by atoms with E-state index in [0.717, 1.165) is 22.5 Å². The Morgan fingerprint density at radius 1 is 1.11 bits per heavy atom. The van der Waals surface area contributed by atoms with Gasteiger partial charge in [0.25, 0.3) is 0 Å². The molecule has 1 aromatic carbocycles. The average Bonchev–Trinajstić information content (AvgIpc) is 2.83. The van der Waals surface area contributed by atoms with Crippen LogP contribution in [-0.4, -0.2) is 15.0 Å². The van der Waals surface area contributed by atoms with Gasteiger partial charge >= 0.3 is 0 Å². The molecule has 2 heterocycles. The second kappa shape index (κ2) is 4.46. The maximum atomic E-state index is 13.0. The van der Waals surface area contributed by atoms with E-state index in [2.05, 4.69) is 28.8 Å². The molecule has 0 saturated heterocycles. The molecule has 0 aliphatic heterocycles. The third-order valence-electron chi connectivity index (χ3n) is 3.11. The molecule has 0 fully saturated rings. The molecule has 0 spiro atoms. The monoisotopic (exact) mass is 255 g/mol. The van der Waals surface area contributed by atoms with Gasteiger partial charge in [-0.1, -0.05) is 26.0 Å². The highest BCUT2D eigenvalue weighted by atomic mass is 19.1. The minimum atomic E-state index is -0.235. The Kier molecular flexibility index (Phi) is 2.78. The van der Waals surface area contributed by atoms with Gasteiger partial charge in [-0.3, -0.25) is 0 Å². The number of pyridine rings is 1. The molecule has 0 radical (unpaired) electrons. The summed E-state index contributed by atoms with van der Waals surface area (Å²) in [5.41, 5.74) is 3.54. The van der Waals surface area contributed by atoms with Gasteiger partial charge in [-0.05, 0) is 23.8 Å². The van der Waals surface area contributed by atoms with Crippen molar-refractivity contribution in [3.63, 3.8) is 0 Å². The minimum absolute atomic E-state index is 0.235. The van der Waals surface area contributed by atoms with E-state index in [1.807, 2.05) is 6.07 Å². The van der Waals surface area contributed by atoms with Crippen LogP contribution in [-0.2, 0) is 0 Å². The number of rotatable bonds is 2. The van der Waals surface area contributed by atoms with Crippen LogP contribution in [0.25, 0.3) is 22.3 Å². The van der Waals surface area contributed by atoms with E-state index >= 15 is 0 Å². The molecule has 0 amide bonds. The zero-order chi connectivity index (χ0) is 13.4. The first-order valence-electron chi connectivity index (χ1n) is 6.25. The number of hydrogen-bond donors (Lipinski definition) is 1. The normalized spacial score (nSPS) is 11.4. The summed E-state index contributed by atoms with van der Waals surface area (Å²) in [6.45, 7) is 4.16. The lowest BCUT2D eigenvalue weighted by atomic mass is 10.1. The zero-order valence-electron chi connectivity index (χ0n) is 10.8. The molecule has 0 unspecified atom stereocenters. The van der Waals surface area contributed by atoms with Crippen LogP contribution in [0.15, 0.2) is 36.5 Å². The molecule has 0 saturated carbocycles. The Morgan fingerprint density at radius 3 is 2.53 bits per heavy atom. The lowest BCUT2D eigenvalue weighted by Gasteiger charge is -2.02. The Balaban J connectivity index is 2.20. The number of nitrogens with zero attached hydrogens (tertiary/aromatic N) is 2. The van der Waals surface area contributed by atoms with Gasteiger partial charge in [0.05, 0.1) is 5.52 Å². The number of H-pyrrole nitrogens is 1. The summed E-state index contributed by atoms with van der Waals surface area (Å²) in [6, 6.07) is 8.36. The molecular weight excluding hydrogens is 241 g/mol. The van der Waals surface area contributed by atoms with Gasteiger partial charge in [-0.2, -0.15) is 0 Å². The first kappa shape index (κ1) is 11.8. The summed E-state index contributed by atoms with van der Waals surface area (Å²) in [7, 11) is 0. The molecule has 0 aliphatic rings. The van der Waals surface area contributed by atoms with Crippen LogP contribution in [0.2, 0.25) is 0 Å². The van der Waals surface area contributed by atoms with Crippen molar-refractivity contribution in [3.05, 3.63) is 48.2 Å². The average molecular weight is 255 g/mol. The molecule has 3 rings (SSSR count). The topological polar surface area (TPSA) is 41.6 Å². The summed E-state index contributed by atoms with van der Waals surface area (Å²) < 4.78 is 13.0. The number of aromatic amines is 1.